The van der Waals surface area contributed by atoms with E-state index in [0.29, 0.717) is 0 Å². The number of pyridine rings is 1. The van der Waals surface area contributed by atoms with Crippen molar-refractivity contribution in [3.05, 3.63) is 66.5 Å². The molecule has 2 N–H and O–H groups in total. The molecular formula is C20H18N4O. The third kappa shape index (κ3) is 3.04. The van der Waals surface area contributed by atoms with E-state index in [1.165, 1.54) is 0 Å². The molecule has 0 saturated carbocycles. The number of nitrogens with zero attached hydrogens (tertiary/aromatic N) is 2. The molecule has 5 nitrogen and oxygen atoms in total. The number of H-pyrrole nitrogens is 1. The number of aryl methyl sites for hydroxylation is 1. The zero-order valence-corrected chi connectivity index (χ0v) is 14.1. The molecule has 0 saturated heterocycles. The zero-order chi connectivity index (χ0) is 17.2. The van der Waals surface area contributed by atoms with Gasteiger partial charge in [-0.1, -0.05) is 6.07 Å². The van der Waals surface area contributed by atoms with Gasteiger partial charge in [0.15, 0.2) is 0 Å². The van der Waals surface area contributed by atoms with Crippen LogP contribution in [-0.4, -0.2) is 22.2 Å². The summed E-state index contributed by atoms with van der Waals surface area (Å²) in [5.74, 6) is 1.57. The van der Waals surface area contributed by atoms with Crippen molar-refractivity contribution in [1.82, 2.24) is 15.2 Å². The summed E-state index contributed by atoms with van der Waals surface area (Å²) in [5, 5.41) is 11.3. The minimum Gasteiger partial charge on any atom is -0.457 e. The van der Waals surface area contributed by atoms with Gasteiger partial charge in [-0.2, -0.15) is 5.10 Å². The smallest absolute Gasteiger partial charge is 0.138 e. The van der Waals surface area contributed by atoms with Crippen molar-refractivity contribution in [2.24, 2.45) is 0 Å². The summed E-state index contributed by atoms with van der Waals surface area (Å²) in [6.45, 7) is 1.99. The highest BCUT2D eigenvalue weighted by Gasteiger charge is 2.08. The lowest BCUT2D eigenvalue weighted by atomic mass is 10.1. The molecule has 0 atom stereocenters. The van der Waals surface area contributed by atoms with Crippen molar-refractivity contribution in [1.29, 1.82) is 0 Å². The number of hydrogen-bond acceptors (Lipinski definition) is 4. The largest absolute Gasteiger partial charge is 0.457 e. The van der Waals surface area contributed by atoms with Gasteiger partial charge in [-0.25, -0.2) is 0 Å². The van der Waals surface area contributed by atoms with Crippen LogP contribution in [0.3, 0.4) is 0 Å². The summed E-state index contributed by atoms with van der Waals surface area (Å²) >= 11 is 0. The first-order valence-electron chi connectivity index (χ1n) is 8.10. The summed E-state index contributed by atoms with van der Waals surface area (Å²) in [7, 11) is 1.89. The van der Waals surface area contributed by atoms with Crippen LogP contribution in [0.2, 0.25) is 0 Å². The minimum atomic E-state index is 0.784. The van der Waals surface area contributed by atoms with E-state index < -0.39 is 0 Å². The van der Waals surface area contributed by atoms with E-state index in [2.05, 4.69) is 20.5 Å². The molecule has 4 aromatic rings. The van der Waals surface area contributed by atoms with Gasteiger partial charge < -0.3 is 10.1 Å². The van der Waals surface area contributed by atoms with E-state index in [9.17, 15) is 0 Å². The summed E-state index contributed by atoms with van der Waals surface area (Å²) in [6.07, 6.45) is 1.76. The van der Waals surface area contributed by atoms with Crippen molar-refractivity contribution in [3.63, 3.8) is 0 Å². The van der Waals surface area contributed by atoms with E-state index in [1.54, 1.807) is 6.20 Å². The molecule has 2 heterocycles. The van der Waals surface area contributed by atoms with E-state index >= 15 is 0 Å². The Hall–Kier alpha value is -3.34. The predicted molar refractivity (Wildman–Crippen MR) is 100 cm³/mol. The highest BCUT2D eigenvalue weighted by molar-refractivity contribution is 5.88. The number of nitrogens with one attached hydrogen (secondary N) is 2. The van der Waals surface area contributed by atoms with Crippen molar-refractivity contribution in [3.8, 4) is 22.8 Å². The maximum absolute atomic E-state index is 6.05. The average Bonchev–Trinajstić information content (AvgIpc) is 3.09. The Morgan fingerprint density at radius 3 is 2.56 bits per heavy atom. The van der Waals surface area contributed by atoms with Gasteiger partial charge >= 0.3 is 0 Å². The van der Waals surface area contributed by atoms with Gasteiger partial charge in [-0.05, 0) is 55.5 Å². The van der Waals surface area contributed by atoms with E-state index in [0.717, 1.165) is 45.0 Å². The molecule has 0 spiro atoms. The molecule has 0 aliphatic heterocycles. The SMILES string of the molecule is CNc1ccc(Oc2ccnc3cc(-c4cc(C)[nH]n4)ccc23)cc1. The molecule has 0 unspecified atom stereocenters. The van der Waals surface area contributed by atoms with Crippen LogP contribution in [0, 0.1) is 6.92 Å². The first-order valence-corrected chi connectivity index (χ1v) is 8.10. The number of hydrogen-bond donors (Lipinski definition) is 2. The molecule has 5 heteroatoms. The lowest BCUT2D eigenvalue weighted by molar-refractivity contribution is 0.488. The normalized spacial score (nSPS) is 10.8. The van der Waals surface area contributed by atoms with E-state index in [-0.39, 0.29) is 0 Å². The Kier molecular flexibility index (Phi) is 3.82. The molecule has 0 aliphatic rings. The van der Waals surface area contributed by atoms with Gasteiger partial charge in [0.2, 0.25) is 0 Å². The van der Waals surface area contributed by atoms with Crippen LogP contribution >= 0.6 is 0 Å². The number of anilines is 1. The lowest BCUT2D eigenvalue weighted by Gasteiger charge is -2.10. The number of fused-ring (bicyclic) bond motifs is 1. The van der Waals surface area contributed by atoms with Crippen LogP contribution in [0.4, 0.5) is 5.69 Å². The summed E-state index contributed by atoms with van der Waals surface area (Å²) < 4.78 is 6.05. The van der Waals surface area contributed by atoms with Crippen LogP contribution < -0.4 is 10.1 Å². The second-order valence-corrected chi connectivity index (χ2v) is 5.85. The van der Waals surface area contributed by atoms with Crippen LogP contribution in [-0.2, 0) is 0 Å². The van der Waals surface area contributed by atoms with Gasteiger partial charge in [-0.15, -0.1) is 0 Å². The van der Waals surface area contributed by atoms with Gasteiger partial charge in [0.1, 0.15) is 11.5 Å². The zero-order valence-electron chi connectivity index (χ0n) is 14.1. The van der Waals surface area contributed by atoms with Gasteiger partial charge in [0.05, 0.1) is 11.2 Å². The number of aromatic amines is 1. The molecule has 0 radical (unpaired) electrons. The monoisotopic (exact) mass is 330 g/mol. The highest BCUT2D eigenvalue weighted by Crippen LogP contribution is 2.31. The van der Waals surface area contributed by atoms with Crippen molar-refractivity contribution in [2.75, 3.05) is 12.4 Å². The Morgan fingerprint density at radius 2 is 1.84 bits per heavy atom. The molecule has 25 heavy (non-hydrogen) atoms. The van der Waals surface area contributed by atoms with Crippen molar-refractivity contribution >= 4 is 16.6 Å². The van der Waals surface area contributed by atoms with Crippen LogP contribution in [0.1, 0.15) is 5.69 Å². The molecule has 0 aliphatic carbocycles. The second kappa shape index (κ2) is 6.28. The van der Waals surface area contributed by atoms with Gasteiger partial charge in [0.25, 0.3) is 0 Å². The molecule has 2 aromatic heterocycles. The first kappa shape index (κ1) is 15.2. The maximum Gasteiger partial charge on any atom is 0.138 e. The molecular weight excluding hydrogens is 312 g/mol. The van der Waals surface area contributed by atoms with Crippen molar-refractivity contribution in [2.45, 2.75) is 6.92 Å². The fourth-order valence-corrected chi connectivity index (χ4v) is 2.75. The summed E-state index contributed by atoms with van der Waals surface area (Å²) in [4.78, 5) is 4.48. The third-order valence-electron chi connectivity index (χ3n) is 4.08. The number of aromatic nitrogens is 3. The number of benzene rings is 2. The molecule has 4 rings (SSSR count). The maximum atomic E-state index is 6.05. The molecule has 0 bridgehead atoms. The Labute approximate surface area is 145 Å². The quantitative estimate of drug-likeness (QED) is 0.566. The average molecular weight is 330 g/mol. The van der Waals surface area contributed by atoms with Crippen LogP contribution in [0.25, 0.3) is 22.2 Å². The fraction of sp³-hybridized carbons (Fsp3) is 0.100. The number of ether oxygens (including phenoxy) is 1. The number of rotatable bonds is 4. The Morgan fingerprint density at radius 1 is 1.00 bits per heavy atom. The summed E-state index contributed by atoms with van der Waals surface area (Å²) in [5.41, 5.74) is 4.90. The van der Waals surface area contributed by atoms with Crippen LogP contribution in [0.15, 0.2) is 60.8 Å². The predicted octanol–water partition coefficient (Wildman–Crippen LogP) is 4.77. The second-order valence-electron chi connectivity index (χ2n) is 5.85. The lowest BCUT2D eigenvalue weighted by Crippen LogP contribution is -1.90. The first-order chi connectivity index (χ1) is 12.2. The van der Waals surface area contributed by atoms with Gasteiger partial charge in [0, 0.05) is 35.6 Å². The minimum absolute atomic E-state index is 0.784. The Balaban J connectivity index is 1.69. The molecule has 124 valence electrons. The third-order valence-corrected chi connectivity index (χ3v) is 4.08. The van der Waals surface area contributed by atoms with Gasteiger partial charge in [-0.3, -0.25) is 10.1 Å². The van der Waals surface area contributed by atoms with E-state index in [4.69, 9.17) is 4.74 Å². The van der Waals surface area contributed by atoms with E-state index in [1.807, 2.05) is 68.6 Å². The fourth-order valence-electron chi connectivity index (χ4n) is 2.75. The van der Waals surface area contributed by atoms with Crippen LogP contribution in [0.5, 0.6) is 11.5 Å². The summed E-state index contributed by atoms with van der Waals surface area (Å²) in [6, 6.07) is 17.8. The topological polar surface area (TPSA) is 62.8 Å². The molecule has 0 amide bonds. The Bertz CT molecular complexity index is 1020. The van der Waals surface area contributed by atoms with Crippen molar-refractivity contribution < 1.29 is 4.74 Å². The highest BCUT2D eigenvalue weighted by atomic mass is 16.5. The molecule has 0 fully saturated rings. The molecule has 2 aromatic carbocycles. The standard InChI is InChI=1S/C20H18N4O/c1-13-11-18(24-23-13)14-3-8-17-19(12-14)22-10-9-20(17)25-16-6-4-15(21-2)5-7-16/h3-12,21H,1-2H3,(H,23,24).